The number of hydrogen-bond acceptors (Lipinski definition) is 3. The van der Waals surface area contributed by atoms with Gasteiger partial charge in [0.1, 0.15) is 5.75 Å². The van der Waals surface area contributed by atoms with Gasteiger partial charge in [0, 0.05) is 11.4 Å². The first-order valence-electron chi connectivity index (χ1n) is 4.83. The van der Waals surface area contributed by atoms with Crippen molar-refractivity contribution in [3.05, 3.63) is 46.6 Å². The van der Waals surface area contributed by atoms with Crippen molar-refractivity contribution in [2.75, 3.05) is 7.11 Å². The Hall–Kier alpha value is -2.06. The van der Waals surface area contributed by atoms with Crippen molar-refractivity contribution in [1.82, 2.24) is 10.2 Å². The molecule has 6 heteroatoms. The number of nitrogens with zero attached hydrogens (tertiary/aromatic N) is 3. The molecule has 0 atom stereocenters. The highest BCUT2D eigenvalue weighted by Crippen LogP contribution is 2.20. The van der Waals surface area contributed by atoms with Crippen LogP contribution in [0.3, 0.4) is 0 Å². The monoisotopic (exact) mass is 250 g/mol. The van der Waals surface area contributed by atoms with Crippen molar-refractivity contribution in [3.63, 3.8) is 0 Å². The molecule has 0 fully saturated rings. The fourth-order valence-electron chi connectivity index (χ4n) is 1.48. The van der Waals surface area contributed by atoms with Gasteiger partial charge in [0.25, 0.3) is 0 Å². The topological polar surface area (TPSA) is 66.1 Å². The van der Waals surface area contributed by atoms with Gasteiger partial charge in [-0.25, -0.2) is 0 Å². The summed E-state index contributed by atoms with van der Waals surface area (Å²) in [6.07, 6.45) is 2.32. The zero-order valence-corrected chi connectivity index (χ0v) is 9.98. The normalized spacial score (nSPS) is 9.18. The number of ether oxygens (including phenoxy) is 1. The first kappa shape index (κ1) is 13.0. The van der Waals surface area contributed by atoms with Crippen LogP contribution in [0.5, 0.6) is 5.75 Å². The molecule has 0 unspecified atom stereocenters. The molecule has 2 rings (SSSR count). The number of halogens is 1. The lowest BCUT2D eigenvalue weighted by Gasteiger charge is -2.00. The summed E-state index contributed by atoms with van der Waals surface area (Å²) < 4.78 is 5.07. The van der Waals surface area contributed by atoms with Crippen molar-refractivity contribution < 1.29 is 17.1 Å². The van der Waals surface area contributed by atoms with Crippen LogP contribution < -0.4 is 17.1 Å². The summed E-state index contributed by atoms with van der Waals surface area (Å²) in [4.78, 5) is 3.12. The van der Waals surface area contributed by atoms with E-state index in [0.717, 1.165) is 16.9 Å². The van der Waals surface area contributed by atoms with Crippen molar-refractivity contribution in [2.24, 2.45) is 0 Å². The Morgan fingerprint density at radius 3 is 2.65 bits per heavy atom. The molecule has 0 aliphatic rings. The van der Waals surface area contributed by atoms with Crippen LogP contribution in [0, 0.1) is 5.39 Å². The second kappa shape index (κ2) is 5.87. The van der Waals surface area contributed by atoms with E-state index in [4.69, 9.17) is 10.1 Å². The van der Waals surface area contributed by atoms with Gasteiger partial charge in [-0.3, -0.25) is 0 Å². The smallest absolute Gasteiger partial charge is 0.447 e. The fraction of sp³-hybridized carbons (Fsp3) is 0.182. The Bertz CT molecular complexity index is 515. The van der Waals surface area contributed by atoms with Gasteiger partial charge in [-0.2, -0.15) is 0 Å². The molecule has 0 aliphatic heterocycles. The van der Waals surface area contributed by atoms with E-state index in [2.05, 4.69) is 15.2 Å². The average molecular weight is 251 g/mol. The highest BCUT2D eigenvalue weighted by atomic mass is 35.5. The average Bonchev–Trinajstić information content (AvgIpc) is 2.77. The van der Waals surface area contributed by atoms with E-state index >= 15 is 0 Å². The van der Waals surface area contributed by atoms with Gasteiger partial charge in [-0.15, -0.1) is 5.10 Å². The third kappa shape index (κ3) is 2.95. The van der Waals surface area contributed by atoms with Gasteiger partial charge in [0.2, 0.25) is 0 Å². The van der Waals surface area contributed by atoms with Crippen LogP contribution >= 0.6 is 0 Å². The molecule has 5 nitrogen and oxygen atoms in total. The molecule has 0 radical (unpaired) electrons. The fourth-order valence-corrected chi connectivity index (χ4v) is 1.48. The zero-order chi connectivity index (χ0) is 11.4. The highest BCUT2D eigenvalue weighted by molar-refractivity contribution is 5.45. The Labute approximate surface area is 105 Å². The molecule has 1 aromatic heterocycles. The van der Waals surface area contributed by atoms with Gasteiger partial charge >= 0.3 is 5.82 Å². The van der Waals surface area contributed by atoms with Gasteiger partial charge in [0.05, 0.1) is 24.3 Å². The minimum Gasteiger partial charge on any atom is -1.00 e. The van der Waals surface area contributed by atoms with E-state index in [1.54, 1.807) is 13.3 Å². The molecular weight excluding hydrogens is 240 g/mol. The largest absolute Gasteiger partial charge is 1.00 e. The number of diazo groups is 1. The van der Waals surface area contributed by atoms with E-state index in [1.807, 2.05) is 24.3 Å². The third-order valence-corrected chi connectivity index (χ3v) is 2.35. The quantitative estimate of drug-likeness (QED) is 0.747. The number of aromatic amines is 1. The van der Waals surface area contributed by atoms with Crippen LogP contribution in [0.4, 0.5) is 5.82 Å². The third-order valence-electron chi connectivity index (χ3n) is 2.35. The van der Waals surface area contributed by atoms with Crippen LogP contribution in [0.25, 0.3) is 4.98 Å². The molecular formula is C11H11ClN4O. The molecule has 0 aliphatic carbocycles. The van der Waals surface area contributed by atoms with E-state index < -0.39 is 0 Å². The van der Waals surface area contributed by atoms with Crippen LogP contribution in [-0.2, 0) is 6.42 Å². The van der Waals surface area contributed by atoms with E-state index in [-0.39, 0.29) is 12.4 Å². The van der Waals surface area contributed by atoms with Crippen LogP contribution in [0.2, 0.25) is 0 Å². The van der Waals surface area contributed by atoms with Crippen molar-refractivity contribution in [3.8, 4) is 5.75 Å². The molecule has 88 valence electrons. The number of benzene rings is 1. The first-order valence-corrected chi connectivity index (χ1v) is 4.83. The summed E-state index contributed by atoms with van der Waals surface area (Å²) in [5.41, 5.74) is 1.96. The highest BCUT2D eigenvalue weighted by Gasteiger charge is 2.14. The van der Waals surface area contributed by atoms with Crippen molar-refractivity contribution >= 4 is 5.82 Å². The second-order valence-corrected chi connectivity index (χ2v) is 3.37. The van der Waals surface area contributed by atoms with Crippen LogP contribution in [-0.4, -0.2) is 17.3 Å². The Morgan fingerprint density at radius 1 is 1.35 bits per heavy atom. The number of aromatic nitrogens is 2. The van der Waals surface area contributed by atoms with Gasteiger partial charge in [-0.1, -0.05) is 17.2 Å². The maximum absolute atomic E-state index is 8.70. The van der Waals surface area contributed by atoms with Gasteiger partial charge < -0.3 is 17.1 Å². The Balaban J connectivity index is 0.00000144. The SMILES string of the molecule is COc1ccc(Cc2cn[nH]c2[N+]#N)cc1.[Cl-]. The minimum atomic E-state index is 0. The summed E-state index contributed by atoms with van der Waals surface area (Å²) in [7, 11) is 1.63. The summed E-state index contributed by atoms with van der Waals surface area (Å²) in [6.45, 7) is 0. The van der Waals surface area contributed by atoms with Crippen LogP contribution in [0.15, 0.2) is 30.5 Å². The molecule has 0 amide bonds. The standard InChI is InChI=1S/C11H11N4O.ClH/c1-16-10-4-2-8(3-5-10)6-9-7-13-15-11(9)14-12;/h2-5,7H,6H2,1H3,(H,13,15);1H/q+1;/p-1. The lowest BCUT2D eigenvalue weighted by atomic mass is 10.1. The predicted molar refractivity (Wildman–Crippen MR) is 59.1 cm³/mol. The molecule has 0 saturated heterocycles. The lowest BCUT2D eigenvalue weighted by Crippen LogP contribution is -3.00. The molecule has 2 aromatic rings. The van der Waals surface area contributed by atoms with E-state index in [1.165, 1.54) is 0 Å². The minimum absolute atomic E-state index is 0. The summed E-state index contributed by atoms with van der Waals surface area (Å²) in [6, 6.07) is 7.72. The number of H-pyrrole nitrogens is 1. The maximum atomic E-state index is 8.70. The Morgan fingerprint density at radius 2 is 2.06 bits per heavy atom. The number of methoxy groups -OCH3 is 1. The molecule has 0 spiro atoms. The summed E-state index contributed by atoms with van der Waals surface area (Å²) in [5.74, 6) is 1.22. The summed E-state index contributed by atoms with van der Waals surface area (Å²) in [5, 5.41) is 15.1. The number of hydrogen-bond donors (Lipinski definition) is 1. The molecule has 1 N–H and O–H groups in total. The maximum Gasteiger partial charge on any atom is 0.447 e. The molecule has 0 bridgehead atoms. The predicted octanol–water partition coefficient (Wildman–Crippen LogP) is -0.502. The lowest BCUT2D eigenvalue weighted by molar-refractivity contribution is -0.00000391. The number of rotatable bonds is 3. The summed E-state index contributed by atoms with van der Waals surface area (Å²) >= 11 is 0. The van der Waals surface area contributed by atoms with E-state index in [9.17, 15) is 0 Å². The zero-order valence-electron chi connectivity index (χ0n) is 9.22. The van der Waals surface area contributed by atoms with E-state index in [0.29, 0.717) is 12.2 Å². The number of nitrogens with one attached hydrogen (secondary N) is 1. The molecule has 0 saturated carbocycles. The molecule has 1 aromatic carbocycles. The van der Waals surface area contributed by atoms with Gasteiger partial charge in [0.15, 0.2) is 0 Å². The Kier molecular flexibility index (Phi) is 4.49. The molecule has 17 heavy (non-hydrogen) atoms. The first-order chi connectivity index (χ1) is 7.83. The van der Waals surface area contributed by atoms with Crippen LogP contribution in [0.1, 0.15) is 11.1 Å². The molecule has 1 heterocycles. The van der Waals surface area contributed by atoms with Crippen molar-refractivity contribution in [1.29, 1.82) is 5.39 Å². The van der Waals surface area contributed by atoms with Gasteiger partial charge in [-0.05, 0) is 17.7 Å². The van der Waals surface area contributed by atoms with Crippen molar-refractivity contribution in [2.45, 2.75) is 6.42 Å². The second-order valence-electron chi connectivity index (χ2n) is 3.37.